The lowest BCUT2D eigenvalue weighted by Gasteiger charge is -2.44. The topological polar surface area (TPSA) is 29.9 Å². The van der Waals surface area contributed by atoms with E-state index in [1.807, 2.05) is 12.4 Å². The van der Waals surface area contributed by atoms with Crippen LogP contribution in [0.1, 0.15) is 52.3 Å². The summed E-state index contributed by atoms with van der Waals surface area (Å²) >= 11 is 0. The fraction of sp³-hybridized carbons (Fsp3) is 0.800. The molecule has 1 N–H and O–H groups in total. The Kier molecular flexibility index (Phi) is 3.81. The van der Waals surface area contributed by atoms with Crippen molar-refractivity contribution in [2.24, 2.45) is 12.5 Å². The molecule has 3 nitrogen and oxygen atoms in total. The number of hydrogen-bond donors (Lipinski definition) is 1. The van der Waals surface area contributed by atoms with Crippen LogP contribution < -0.4 is 5.32 Å². The predicted molar refractivity (Wildman–Crippen MR) is 75.6 cm³/mol. The number of aromatic nitrogens is 2. The number of aryl methyl sites for hydroxylation is 2. The fourth-order valence-corrected chi connectivity index (χ4v) is 2.66. The second-order valence-corrected chi connectivity index (χ2v) is 6.91. The van der Waals surface area contributed by atoms with E-state index in [4.69, 9.17) is 0 Å². The second-order valence-electron chi connectivity index (χ2n) is 6.91. The van der Waals surface area contributed by atoms with Crippen LogP contribution in [0.4, 0.5) is 0 Å². The monoisotopic (exact) mass is 249 g/mol. The standard InChI is InChI=1S/C15H27N3/c1-14(2,3)17-12-15(7-5-8-15)9-6-13-16-10-11-18(13)4/h10-11,17H,5-9,12H2,1-4H3. The van der Waals surface area contributed by atoms with E-state index in [2.05, 4.69) is 42.7 Å². The summed E-state index contributed by atoms with van der Waals surface area (Å²) in [5.74, 6) is 1.22. The lowest BCUT2D eigenvalue weighted by Crippen LogP contribution is -2.47. The summed E-state index contributed by atoms with van der Waals surface area (Å²) in [6, 6.07) is 0. The van der Waals surface area contributed by atoms with Crippen LogP contribution in [0.5, 0.6) is 0 Å². The van der Waals surface area contributed by atoms with Crippen molar-refractivity contribution in [2.75, 3.05) is 6.54 Å². The minimum Gasteiger partial charge on any atom is -0.338 e. The highest BCUT2D eigenvalue weighted by molar-refractivity contribution is 4.97. The molecule has 0 bridgehead atoms. The largest absolute Gasteiger partial charge is 0.338 e. The zero-order chi connectivity index (χ0) is 13.2. The molecule has 18 heavy (non-hydrogen) atoms. The molecule has 3 heteroatoms. The van der Waals surface area contributed by atoms with E-state index in [9.17, 15) is 0 Å². The maximum atomic E-state index is 4.43. The molecule has 1 aromatic heterocycles. The number of imidazole rings is 1. The molecule has 0 atom stereocenters. The minimum absolute atomic E-state index is 0.228. The van der Waals surface area contributed by atoms with Crippen LogP contribution in [0.25, 0.3) is 0 Å². The molecular weight excluding hydrogens is 222 g/mol. The van der Waals surface area contributed by atoms with E-state index < -0.39 is 0 Å². The highest BCUT2D eigenvalue weighted by Gasteiger charge is 2.37. The van der Waals surface area contributed by atoms with Gasteiger partial charge in [-0.3, -0.25) is 0 Å². The van der Waals surface area contributed by atoms with Crippen LogP contribution in [0.15, 0.2) is 12.4 Å². The van der Waals surface area contributed by atoms with Gasteiger partial charge in [-0.2, -0.15) is 0 Å². The number of nitrogens with one attached hydrogen (secondary N) is 1. The fourth-order valence-electron chi connectivity index (χ4n) is 2.66. The van der Waals surface area contributed by atoms with Crippen molar-refractivity contribution in [3.63, 3.8) is 0 Å². The molecule has 1 aliphatic rings. The third kappa shape index (κ3) is 3.35. The van der Waals surface area contributed by atoms with Gasteiger partial charge in [0, 0.05) is 37.9 Å². The Labute approximate surface area is 111 Å². The molecule has 0 amide bonds. The van der Waals surface area contributed by atoms with E-state index >= 15 is 0 Å². The molecule has 1 aromatic rings. The summed E-state index contributed by atoms with van der Waals surface area (Å²) in [4.78, 5) is 4.43. The average Bonchev–Trinajstić information content (AvgIpc) is 2.61. The van der Waals surface area contributed by atoms with Gasteiger partial charge >= 0.3 is 0 Å². The Morgan fingerprint density at radius 3 is 2.56 bits per heavy atom. The molecular formula is C15H27N3. The lowest BCUT2D eigenvalue weighted by atomic mass is 9.65. The van der Waals surface area contributed by atoms with E-state index in [0.29, 0.717) is 5.41 Å². The first kappa shape index (κ1) is 13.6. The lowest BCUT2D eigenvalue weighted by molar-refractivity contribution is 0.105. The van der Waals surface area contributed by atoms with Crippen LogP contribution in [0.3, 0.4) is 0 Å². The first-order valence-electron chi connectivity index (χ1n) is 7.12. The van der Waals surface area contributed by atoms with E-state index in [-0.39, 0.29) is 5.54 Å². The molecule has 0 aromatic carbocycles. The van der Waals surface area contributed by atoms with Gasteiger partial charge in [-0.1, -0.05) is 6.42 Å². The molecule has 0 aliphatic heterocycles. The van der Waals surface area contributed by atoms with E-state index in [0.717, 1.165) is 13.0 Å². The molecule has 0 spiro atoms. The Hall–Kier alpha value is -0.830. The van der Waals surface area contributed by atoms with Crippen LogP contribution in [0, 0.1) is 5.41 Å². The van der Waals surface area contributed by atoms with Crippen LogP contribution in [-0.2, 0) is 13.5 Å². The van der Waals surface area contributed by atoms with Crippen molar-refractivity contribution in [1.29, 1.82) is 0 Å². The second kappa shape index (κ2) is 5.04. The van der Waals surface area contributed by atoms with Gasteiger partial charge in [-0.05, 0) is 45.4 Å². The zero-order valence-corrected chi connectivity index (χ0v) is 12.3. The first-order chi connectivity index (χ1) is 8.40. The maximum Gasteiger partial charge on any atom is 0.108 e. The van der Waals surface area contributed by atoms with Crippen LogP contribution in [-0.4, -0.2) is 21.6 Å². The minimum atomic E-state index is 0.228. The SMILES string of the molecule is Cn1ccnc1CCC1(CNC(C)(C)C)CCC1. The molecule has 102 valence electrons. The summed E-state index contributed by atoms with van der Waals surface area (Å²) in [6.07, 6.45) is 10.5. The van der Waals surface area contributed by atoms with Crippen molar-refractivity contribution in [3.8, 4) is 0 Å². The van der Waals surface area contributed by atoms with Crippen molar-refractivity contribution in [2.45, 2.75) is 58.4 Å². The van der Waals surface area contributed by atoms with Crippen molar-refractivity contribution < 1.29 is 0 Å². The van der Waals surface area contributed by atoms with Gasteiger partial charge in [0.25, 0.3) is 0 Å². The van der Waals surface area contributed by atoms with Gasteiger partial charge in [0.15, 0.2) is 0 Å². The Morgan fingerprint density at radius 2 is 2.11 bits per heavy atom. The summed E-state index contributed by atoms with van der Waals surface area (Å²) in [7, 11) is 2.09. The Morgan fingerprint density at radius 1 is 1.39 bits per heavy atom. The van der Waals surface area contributed by atoms with Crippen molar-refractivity contribution in [3.05, 3.63) is 18.2 Å². The molecule has 1 heterocycles. The molecule has 0 radical (unpaired) electrons. The number of hydrogen-bond acceptors (Lipinski definition) is 2. The van der Waals surface area contributed by atoms with Crippen molar-refractivity contribution in [1.82, 2.24) is 14.9 Å². The zero-order valence-electron chi connectivity index (χ0n) is 12.3. The highest BCUT2D eigenvalue weighted by atomic mass is 15.0. The molecule has 0 saturated heterocycles. The van der Waals surface area contributed by atoms with Gasteiger partial charge < -0.3 is 9.88 Å². The first-order valence-corrected chi connectivity index (χ1v) is 7.12. The normalized spacial score (nSPS) is 18.7. The van der Waals surface area contributed by atoms with Gasteiger partial charge in [-0.25, -0.2) is 4.98 Å². The summed E-state index contributed by atoms with van der Waals surface area (Å²) < 4.78 is 2.14. The quantitative estimate of drug-likeness (QED) is 0.869. The molecule has 1 aliphatic carbocycles. The molecule has 0 unspecified atom stereocenters. The average molecular weight is 249 g/mol. The molecule has 2 rings (SSSR count). The summed E-state index contributed by atoms with van der Waals surface area (Å²) in [6.45, 7) is 7.90. The van der Waals surface area contributed by atoms with Gasteiger partial charge in [0.2, 0.25) is 0 Å². The Balaban J connectivity index is 1.87. The summed E-state index contributed by atoms with van der Waals surface area (Å²) in [5.41, 5.74) is 0.755. The van der Waals surface area contributed by atoms with E-state index in [1.165, 1.54) is 31.5 Å². The third-order valence-electron chi connectivity index (χ3n) is 4.21. The van der Waals surface area contributed by atoms with Crippen LogP contribution >= 0.6 is 0 Å². The van der Waals surface area contributed by atoms with E-state index in [1.54, 1.807) is 0 Å². The third-order valence-corrected chi connectivity index (χ3v) is 4.21. The number of nitrogens with zero attached hydrogens (tertiary/aromatic N) is 2. The highest BCUT2D eigenvalue weighted by Crippen LogP contribution is 2.44. The molecule has 1 saturated carbocycles. The maximum absolute atomic E-state index is 4.43. The number of rotatable bonds is 5. The van der Waals surface area contributed by atoms with Crippen LogP contribution in [0.2, 0.25) is 0 Å². The van der Waals surface area contributed by atoms with Gasteiger partial charge in [0.1, 0.15) is 5.82 Å². The van der Waals surface area contributed by atoms with Gasteiger partial charge in [-0.15, -0.1) is 0 Å². The predicted octanol–water partition coefficient (Wildman–Crippen LogP) is 2.91. The molecule has 1 fully saturated rings. The summed E-state index contributed by atoms with van der Waals surface area (Å²) in [5, 5.41) is 3.68. The van der Waals surface area contributed by atoms with Gasteiger partial charge in [0.05, 0.1) is 0 Å². The smallest absolute Gasteiger partial charge is 0.108 e. The Bertz CT molecular complexity index is 383. The van der Waals surface area contributed by atoms with Crippen molar-refractivity contribution >= 4 is 0 Å².